The second-order valence-electron chi connectivity index (χ2n) is 7.23. The highest BCUT2D eigenvalue weighted by atomic mass is 16.3. The molecule has 1 spiro atoms. The van der Waals surface area contributed by atoms with E-state index in [-0.39, 0.29) is 0 Å². The fourth-order valence-electron chi connectivity index (χ4n) is 5.68. The lowest BCUT2D eigenvalue weighted by atomic mass is 9.82. The van der Waals surface area contributed by atoms with Gasteiger partial charge in [-0.1, -0.05) is 31.5 Å². The fourth-order valence-corrected chi connectivity index (χ4v) is 5.68. The Balaban J connectivity index is 1.47. The Morgan fingerprint density at radius 2 is 2.23 bits per heavy atom. The molecule has 5 rings (SSSR count). The van der Waals surface area contributed by atoms with Gasteiger partial charge in [-0.15, -0.1) is 0 Å². The minimum absolute atomic E-state index is 0.298. The van der Waals surface area contributed by atoms with Gasteiger partial charge < -0.3 is 5.11 Å². The van der Waals surface area contributed by atoms with E-state index < -0.39 is 6.10 Å². The predicted molar refractivity (Wildman–Crippen MR) is 86.4 cm³/mol. The molecule has 0 bridgehead atoms. The van der Waals surface area contributed by atoms with Crippen LogP contribution in [0.5, 0.6) is 0 Å². The van der Waals surface area contributed by atoms with Gasteiger partial charge >= 0.3 is 0 Å². The fraction of sp³-hybridized carbons (Fsp3) is 0.526. The van der Waals surface area contributed by atoms with Crippen molar-refractivity contribution in [2.75, 3.05) is 6.54 Å². The Labute approximate surface area is 131 Å². The van der Waals surface area contributed by atoms with Crippen LogP contribution in [-0.2, 0) is 0 Å². The van der Waals surface area contributed by atoms with Gasteiger partial charge in [0.05, 0.1) is 11.6 Å². The van der Waals surface area contributed by atoms with Crippen molar-refractivity contribution in [3.05, 3.63) is 42.1 Å². The van der Waals surface area contributed by atoms with Crippen LogP contribution in [0.25, 0.3) is 10.9 Å². The number of aromatic nitrogens is 1. The summed E-state index contributed by atoms with van der Waals surface area (Å²) in [5.41, 5.74) is 2.50. The largest absolute Gasteiger partial charge is 0.387 e. The molecule has 0 radical (unpaired) electrons. The molecule has 22 heavy (non-hydrogen) atoms. The summed E-state index contributed by atoms with van der Waals surface area (Å²) in [5.74, 6) is 1.80. The van der Waals surface area contributed by atoms with Gasteiger partial charge in [0.25, 0.3) is 0 Å². The van der Waals surface area contributed by atoms with Gasteiger partial charge in [0.1, 0.15) is 0 Å². The van der Waals surface area contributed by atoms with Gasteiger partial charge in [-0.05, 0) is 48.9 Å². The number of fused-ring (bicyclic) bond motifs is 1. The zero-order valence-electron chi connectivity index (χ0n) is 12.9. The molecule has 5 unspecified atom stereocenters. The standard InChI is InChI=1S/C19H22N2O/c1-2-14-15-8-10-21-17(11-19(14,15)21)18(22)13-7-9-20-16-6-4-3-5-12(13)16/h3-7,9,14-15,17-18,22H,2,8,10-11H2,1H3. The van der Waals surface area contributed by atoms with Gasteiger partial charge in [-0.2, -0.15) is 0 Å². The molecule has 2 aromatic rings. The van der Waals surface area contributed by atoms with E-state index in [9.17, 15) is 5.11 Å². The second-order valence-corrected chi connectivity index (χ2v) is 7.23. The Morgan fingerprint density at radius 3 is 3.05 bits per heavy atom. The van der Waals surface area contributed by atoms with E-state index in [4.69, 9.17) is 0 Å². The van der Waals surface area contributed by atoms with Crippen molar-refractivity contribution in [2.24, 2.45) is 11.8 Å². The van der Waals surface area contributed by atoms with Gasteiger partial charge in [-0.25, -0.2) is 0 Å². The van der Waals surface area contributed by atoms with Crippen LogP contribution in [0.15, 0.2) is 36.5 Å². The number of nitrogens with zero attached hydrogens (tertiary/aromatic N) is 2. The first kappa shape index (κ1) is 13.0. The van der Waals surface area contributed by atoms with Crippen LogP contribution < -0.4 is 0 Å². The SMILES string of the molecule is CCC1C2CCN3C(C(O)c4ccnc5ccccc45)CC123. The predicted octanol–water partition coefficient (Wildman–Crippen LogP) is 3.14. The average molecular weight is 294 g/mol. The summed E-state index contributed by atoms with van der Waals surface area (Å²) in [6.07, 6.45) is 5.23. The molecule has 114 valence electrons. The van der Waals surface area contributed by atoms with E-state index in [0.29, 0.717) is 11.6 Å². The second kappa shape index (κ2) is 4.30. The van der Waals surface area contributed by atoms with Crippen LogP contribution in [0, 0.1) is 11.8 Å². The van der Waals surface area contributed by atoms with Crippen LogP contribution >= 0.6 is 0 Å². The number of hydrogen-bond acceptors (Lipinski definition) is 3. The van der Waals surface area contributed by atoms with E-state index in [1.807, 2.05) is 30.5 Å². The lowest BCUT2D eigenvalue weighted by Crippen LogP contribution is -2.59. The van der Waals surface area contributed by atoms with Crippen molar-refractivity contribution >= 4 is 10.9 Å². The molecule has 0 amide bonds. The molecule has 2 saturated heterocycles. The first-order chi connectivity index (χ1) is 10.8. The first-order valence-corrected chi connectivity index (χ1v) is 8.56. The molecule has 5 atom stereocenters. The Hall–Kier alpha value is -1.45. The highest BCUT2D eigenvalue weighted by molar-refractivity contribution is 5.82. The number of piperidine rings is 1. The highest BCUT2D eigenvalue weighted by Gasteiger charge is 2.76. The molecule has 1 saturated carbocycles. The molecule has 2 aliphatic heterocycles. The number of pyridine rings is 1. The topological polar surface area (TPSA) is 36.4 Å². The molecule has 3 heterocycles. The maximum Gasteiger partial charge on any atom is 0.0953 e. The molecule has 3 fully saturated rings. The van der Waals surface area contributed by atoms with E-state index in [0.717, 1.165) is 28.3 Å². The Morgan fingerprint density at radius 1 is 1.36 bits per heavy atom. The zero-order valence-corrected chi connectivity index (χ0v) is 12.9. The number of benzene rings is 1. The zero-order chi connectivity index (χ0) is 14.9. The smallest absolute Gasteiger partial charge is 0.0953 e. The lowest BCUT2D eigenvalue weighted by molar-refractivity contribution is -0.0688. The third-order valence-corrected chi connectivity index (χ3v) is 6.62. The number of aliphatic hydroxyl groups is 1. The van der Waals surface area contributed by atoms with Gasteiger partial charge in [-0.3, -0.25) is 9.88 Å². The van der Waals surface area contributed by atoms with E-state index in [2.05, 4.69) is 22.9 Å². The quantitative estimate of drug-likeness (QED) is 0.945. The maximum absolute atomic E-state index is 11.0. The molecule has 3 nitrogen and oxygen atoms in total. The monoisotopic (exact) mass is 294 g/mol. The van der Waals surface area contributed by atoms with Crippen molar-refractivity contribution < 1.29 is 5.11 Å². The summed E-state index contributed by atoms with van der Waals surface area (Å²) in [4.78, 5) is 7.03. The summed E-state index contributed by atoms with van der Waals surface area (Å²) in [5, 5.41) is 12.1. The van der Waals surface area contributed by atoms with Crippen LogP contribution in [0.3, 0.4) is 0 Å². The van der Waals surface area contributed by atoms with E-state index >= 15 is 0 Å². The van der Waals surface area contributed by atoms with Crippen LogP contribution in [-0.4, -0.2) is 33.1 Å². The molecular weight excluding hydrogens is 272 g/mol. The average Bonchev–Trinajstić information content (AvgIpc) is 3.12. The summed E-state index contributed by atoms with van der Waals surface area (Å²) in [6.45, 7) is 3.49. The molecule has 3 aliphatic rings. The molecule has 3 heteroatoms. The Kier molecular flexibility index (Phi) is 2.55. The van der Waals surface area contributed by atoms with Crippen molar-refractivity contribution in [1.82, 2.24) is 9.88 Å². The minimum atomic E-state index is -0.393. The van der Waals surface area contributed by atoms with Gasteiger partial charge in [0, 0.05) is 23.2 Å². The van der Waals surface area contributed by atoms with Gasteiger partial charge in [0.15, 0.2) is 0 Å². The molecule has 1 N–H and O–H groups in total. The third kappa shape index (κ3) is 1.41. The van der Waals surface area contributed by atoms with Crippen LogP contribution in [0.4, 0.5) is 0 Å². The number of aliphatic hydroxyl groups excluding tert-OH is 1. The van der Waals surface area contributed by atoms with Crippen molar-refractivity contribution in [2.45, 2.75) is 43.9 Å². The highest BCUT2D eigenvalue weighted by Crippen LogP contribution is 2.71. The van der Waals surface area contributed by atoms with Crippen LogP contribution in [0.2, 0.25) is 0 Å². The molecule has 1 aromatic heterocycles. The van der Waals surface area contributed by atoms with Crippen LogP contribution in [0.1, 0.15) is 37.9 Å². The first-order valence-electron chi connectivity index (χ1n) is 8.56. The van der Waals surface area contributed by atoms with Crippen molar-refractivity contribution in [3.8, 4) is 0 Å². The number of rotatable bonds is 3. The lowest BCUT2D eigenvalue weighted by Gasteiger charge is -2.51. The van der Waals surface area contributed by atoms with Crippen molar-refractivity contribution in [1.29, 1.82) is 0 Å². The molecule has 1 aliphatic carbocycles. The summed E-state index contributed by atoms with van der Waals surface area (Å²) in [6, 6.07) is 10.4. The number of para-hydroxylation sites is 1. The molecule has 1 aromatic carbocycles. The van der Waals surface area contributed by atoms with Gasteiger partial charge in [0.2, 0.25) is 0 Å². The summed E-state index contributed by atoms with van der Waals surface area (Å²) in [7, 11) is 0. The maximum atomic E-state index is 11.0. The number of hydrogen-bond donors (Lipinski definition) is 1. The summed E-state index contributed by atoms with van der Waals surface area (Å²) >= 11 is 0. The summed E-state index contributed by atoms with van der Waals surface area (Å²) < 4.78 is 0. The van der Waals surface area contributed by atoms with E-state index in [1.165, 1.54) is 25.8 Å². The Bertz CT molecular complexity index is 734. The minimum Gasteiger partial charge on any atom is -0.387 e. The molecular formula is C19H22N2O. The normalized spacial score (nSPS) is 37.5. The van der Waals surface area contributed by atoms with E-state index in [1.54, 1.807) is 0 Å². The third-order valence-electron chi connectivity index (χ3n) is 6.62. The van der Waals surface area contributed by atoms with Crippen molar-refractivity contribution in [3.63, 3.8) is 0 Å².